The highest BCUT2D eigenvalue weighted by atomic mass is 32.3. The van der Waals surface area contributed by atoms with Gasteiger partial charge in [0, 0.05) is 36.3 Å². The van der Waals surface area contributed by atoms with Gasteiger partial charge in [0.2, 0.25) is 11.2 Å². The quantitative estimate of drug-likeness (QED) is 0.0451. The number of ether oxygens (including phenoxy) is 1. The molecule has 0 fully saturated rings. The minimum absolute atomic E-state index is 0.120. The topological polar surface area (TPSA) is 423 Å². The monoisotopic (exact) mass is 1120 g/mol. The van der Waals surface area contributed by atoms with E-state index in [1.807, 2.05) is 0 Å². The molecule has 4 aromatic carbocycles. The summed E-state index contributed by atoms with van der Waals surface area (Å²) in [6.45, 7) is 0.117. The molecule has 7 aromatic rings. The van der Waals surface area contributed by atoms with Gasteiger partial charge in [-0.25, -0.2) is 4.98 Å². The summed E-state index contributed by atoms with van der Waals surface area (Å²) >= 11 is 0. The first kappa shape index (κ1) is 53.5. The summed E-state index contributed by atoms with van der Waals surface area (Å²) in [5, 5.41) is 7.72. The van der Waals surface area contributed by atoms with E-state index in [0.717, 1.165) is 18.6 Å². The molecule has 73 heavy (non-hydrogen) atoms. The third kappa shape index (κ3) is 14.7. The Balaban J connectivity index is 1.06. The van der Waals surface area contributed by atoms with Crippen LogP contribution in [0.4, 0.5) is 0 Å². The largest absolute Gasteiger partial charge is 0.486 e. The lowest BCUT2D eigenvalue weighted by Gasteiger charge is -2.14. The highest BCUT2D eigenvalue weighted by molar-refractivity contribution is 7.82. The number of aromatic nitrogens is 5. The van der Waals surface area contributed by atoms with Crippen LogP contribution in [-0.4, -0.2) is 89.4 Å². The van der Waals surface area contributed by atoms with Crippen molar-refractivity contribution in [1.29, 1.82) is 0 Å². The Kier molecular flexibility index (Phi) is 15.4. The Morgan fingerprint density at radius 1 is 0.575 bits per heavy atom. The van der Waals surface area contributed by atoms with E-state index >= 15 is 0 Å². The van der Waals surface area contributed by atoms with Crippen LogP contribution in [0.15, 0.2) is 99.1 Å². The van der Waals surface area contributed by atoms with Gasteiger partial charge in [0.15, 0.2) is 23.0 Å². The van der Waals surface area contributed by atoms with Crippen molar-refractivity contribution in [1.82, 2.24) is 24.5 Å². The standard InChI is InChI=1S/C39H35N5O24S5/c45-35-34-32(19-27(65-70(50,51)52)20-33(34)63-36(37(35)68-73(59,60)61)24-12-15-30(66-71(53,54)55)31(18-24)67-72(56,57)58)62-22-25-21-43(42-41-25)16-6-2-1-3-7-17-44-38(40-29-9-5-4-8-28(29)39(44)46)23-10-13-26(14-11-23)64-69(47,48)49/h4-5,8-15,18-21H,1-3,6-7,16-17,22H2,(H,47,48,49)(H,50,51,52)(H,53,54,55)(H,56,57,58)(H,59,60,61). The Morgan fingerprint density at radius 3 is 1.82 bits per heavy atom. The molecule has 0 aliphatic rings. The van der Waals surface area contributed by atoms with Crippen LogP contribution in [0, 0.1) is 0 Å². The summed E-state index contributed by atoms with van der Waals surface area (Å²) in [5.41, 5.74) is -2.07. The van der Waals surface area contributed by atoms with E-state index in [2.05, 4.69) is 36.2 Å². The minimum atomic E-state index is -5.62. The smallest absolute Gasteiger partial charge is 0.446 e. The molecule has 3 heterocycles. The molecular weight excluding hydrogens is 1080 g/mol. The van der Waals surface area contributed by atoms with Crippen LogP contribution in [0.3, 0.4) is 0 Å². The number of fused-ring (bicyclic) bond motifs is 2. The Bertz CT molecular complexity index is 3960. The van der Waals surface area contributed by atoms with Gasteiger partial charge < -0.3 is 30.1 Å². The third-order valence-corrected chi connectivity index (χ3v) is 11.7. The second kappa shape index (κ2) is 21.1. The fraction of sp³-hybridized carbons (Fsp3) is 0.205. The molecule has 5 N–H and O–H groups in total. The number of aryl methyl sites for hydroxylation is 1. The molecule has 0 saturated heterocycles. The van der Waals surface area contributed by atoms with Gasteiger partial charge in [0.25, 0.3) is 5.56 Å². The van der Waals surface area contributed by atoms with Gasteiger partial charge in [-0.2, -0.15) is 42.1 Å². The fourth-order valence-electron chi connectivity index (χ4n) is 7.02. The van der Waals surface area contributed by atoms with Crippen LogP contribution in [0.1, 0.15) is 37.8 Å². The summed E-state index contributed by atoms with van der Waals surface area (Å²) in [7, 11) is -26.5. The summed E-state index contributed by atoms with van der Waals surface area (Å²) in [5.74, 6) is -5.95. The van der Waals surface area contributed by atoms with Crippen molar-refractivity contribution in [2.24, 2.45) is 0 Å². The first-order chi connectivity index (χ1) is 34.1. The van der Waals surface area contributed by atoms with Gasteiger partial charge in [-0.15, -0.1) is 5.10 Å². The van der Waals surface area contributed by atoms with Crippen LogP contribution >= 0.6 is 0 Å². The molecule has 0 saturated carbocycles. The van der Waals surface area contributed by atoms with E-state index in [9.17, 15) is 65.3 Å². The lowest BCUT2D eigenvalue weighted by atomic mass is 10.1. The Hall–Kier alpha value is -7.28. The van der Waals surface area contributed by atoms with Gasteiger partial charge >= 0.3 is 52.0 Å². The first-order valence-corrected chi connectivity index (χ1v) is 27.2. The number of para-hydroxylation sites is 1. The van der Waals surface area contributed by atoms with Crippen LogP contribution in [0.25, 0.3) is 44.6 Å². The molecule has 0 unspecified atom stereocenters. The van der Waals surface area contributed by atoms with Gasteiger partial charge in [0.05, 0.1) is 17.1 Å². The van der Waals surface area contributed by atoms with Crippen molar-refractivity contribution < 1.29 is 94.9 Å². The van der Waals surface area contributed by atoms with E-state index in [1.165, 1.54) is 39.7 Å². The molecule has 0 atom stereocenters. The predicted molar refractivity (Wildman–Crippen MR) is 248 cm³/mol. The Labute approximate surface area is 411 Å². The summed E-state index contributed by atoms with van der Waals surface area (Å²) in [6, 6.07) is 15.7. The average molecular weight is 1120 g/mol. The van der Waals surface area contributed by atoms with Crippen molar-refractivity contribution in [2.45, 2.75) is 51.8 Å². The van der Waals surface area contributed by atoms with Crippen LogP contribution in [0.2, 0.25) is 0 Å². The van der Waals surface area contributed by atoms with Crippen molar-refractivity contribution in [2.75, 3.05) is 0 Å². The summed E-state index contributed by atoms with van der Waals surface area (Å²) in [6.07, 6.45) is 4.76. The van der Waals surface area contributed by atoms with E-state index in [-0.39, 0.29) is 17.0 Å². The molecule has 34 heteroatoms. The lowest BCUT2D eigenvalue weighted by molar-refractivity contribution is 0.302. The minimum Gasteiger partial charge on any atom is -0.486 e. The van der Waals surface area contributed by atoms with Crippen LogP contribution < -0.4 is 36.6 Å². The zero-order chi connectivity index (χ0) is 53.1. The Morgan fingerprint density at radius 2 is 1.16 bits per heavy atom. The maximum absolute atomic E-state index is 14.0. The van der Waals surface area contributed by atoms with Crippen LogP contribution in [-0.2, 0) is 71.7 Å². The molecule has 390 valence electrons. The van der Waals surface area contributed by atoms with Gasteiger partial charge in [-0.05, 0) is 67.4 Å². The van der Waals surface area contributed by atoms with Crippen molar-refractivity contribution in [3.63, 3.8) is 0 Å². The highest BCUT2D eigenvalue weighted by Gasteiger charge is 2.28. The summed E-state index contributed by atoms with van der Waals surface area (Å²) in [4.78, 5) is 32.3. The average Bonchev–Trinajstić information content (AvgIpc) is 3.72. The fourth-order valence-corrected chi connectivity index (χ4v) is 8.80. The molecule has 0 spiro atoms. The zero-order valence-corrected chi connectivity index (χ0v) is 40.6. The van der Waals surface area contributed by atoms with E-state index in [1.54, 1.807) is 24.3 Å². The second-order valence-corrected chi connectivity index (χ2v) is 20.2. The molecule has 7 rings (SSSR count). The summed E-state index contributed by atoms with van der Waals surface area (Å²) < 4.78 is 198. The maximum atomic E-state index is 14.0. The van der Waals surface area contributed by atoms with E-state index in [0.29, 0.717) is 79.3 Å². The molecule has 3 aromatic heterocycles. The van der Waals surface area contributed by atoms with Gasteiger partial charge in [0.1, 0.15) is 40.6 Å². The van der Waals surface area contributed by atoms with Gasteiger partial charge in [-0.3, -0.25) is 41.6 Å². The lowest BCUT2D eigenvalue weighted by Crippen LogP contribution is -2.23. The number of nitrogens with zero attached hydrogens (tertiary/aromatic N) is 5. The number of rotatable bonds is 23. The zero-order valence-electron chi connectivity index (χ0n) is 36.5. The van der Waals surface area contributed by atoms with Crippen molar-refractivity contribution >= 4 is 73.9 Å². The third-order valence-electron chi connectivity index (χ3n) is 9.78. The molecule has 0 aliphatic heterocycles. The predicted octanol–water partition coefficient (Wildman–Crippen LogP) is 3.57. The number of hydrogen-bond donors (Lipinski definition) is 5. The van der Waals surface area contributed by atoms with E-state index in [4.69, 9.17) is 18.3 Å². The second-order valence-electron chi connectivity index (χ2n) is 15.1. The maximum Gasteiger partial charge on any atom is 0.446 e. The molecule has 0 bridgehead atoms. The SMILES string of the molecule is O=c1c(OS(=O)(=O)O)c(-c2ccc(OS(=O)(=O)O)c(OS(=O)(=O)O)c2)oc2cc(OS(=O)(=O)O)cc(OCc3cn(CCCCCCCn4c(-c5ccc(OS(=O)(=O)O)cc5)nc5ccccc5c4=O)nn3)c12. The molecule has 0 amide bonds. The van der Waals surface area contributed by atoms with E-state index < -0.39 is 115 Å². The van der Waals surface area contributed by atoms with Gasteiger partial charge in [-0.1, -0.05) is 36.6 Å². The first-order valence-electron chi connectivity index (χ1n) is 20.3. The highest BCUT2D eigenvalue weighted by Crippen LogP contribution is 2.41. The molecule has 0 radical (unpaired) electrons. The molecule has 29 nitrogen and oxygen atoms in total. The van der Waals surface area contributed by atoms with Crippen LogP contribution in [0.5, 0.6) is 34.5 Å². The number of hydrogen-bond acceptors (Lipinski definition) is 22. The number of unbranched alkanes of at least 4 members (excludes halogenated alkanes) is 4. The molecular formula is C39H35N5O24S5. The normalized spacial score (nSPS) is 12.5. The molecule has 0 aliphatic carbocycles. The van der Waals surface area contributed by atoms with Crippen molar-refractivity contribution in [3.05, 3.63) is 111 Å². The van der Waals surface area contributed by atoms with Crippen molar-refractivity contribution in [3.8, 4) is 57.2 Å². The number of benzene rings is 4.